The van der Waals surface area contributed by atoms with Gasteiger partial charge in [0.2, 0.25) is 0 Å². The Hall–Kier alpha value is 1.80. The van der Waals surface area contributed by atoms with Crippen molar-refractivity contribution >= 4 is 70.5 Å². The molecule has 0 bridgehead atoms. The second-order valence-corrected chi connectivity index (χ2v) is 9.28. The third-order valence-corrected chi connectivity index (χ3v) is 6.42. The predicted octanol–water partition coefficient (Wildman–Crippen LogP) is 4.60. The van der Waals surface area contributed by atoms with Crippen LogP contribution in [0.2, 0.25) is 0 Å². The molecule has 0 aliphatic heterocycles. The molecule has 0 aromatic carbocycles. The molecule has 13 heteroatoms. The Morgan fingerprint density at radius 3 is 1.86 bits per heavy atom. The van der Waals surface area contributed by atoms with Crippen molar-refractivity contribution in [2.45, 2.75) is 0 Å². The summed E-state index contributed by atoms with van der Waals surface area (Å²) in [5.41, 5.74) is 0.0209. The minimum atomic E-state index is -3.77. The van der Waals surface area contributed by atoms with Gasteiger partial charge >= 0.3 is 15.4 Å². The van der Waals surface area contributed by atoms with Gasteiger partial charge in [-0.25, -0.2) is 4.57 Å². The zero-order valence-electron chi connectivity index (χ0n) is 11.6. The lowest BCUT2D eigenvalue weighted by atomic mass is 10.9. The average molecular weight is 531 g/mol. The van der Waals surface area contributed by atoms with Gasteiger partial charge in [-0.2, -0.15) is 0 Å². The zero-order valence-corrected chi connectivity index (χ0v) is 18.1. The van der Waals surface area contributed by atoms with E-state index in [1.807, 2.05) is 0 Å². The van der Waals surface area contributed by atoms with Crippen LogP contribution in [0.3, 0.4) is 0 Å². The van der Waals surface area contributed by atoms with Crippen LogP contribution in [-0.4, -0.2) is 55.2 Å². The van der Waals surface area contributed by atoms with E-state index in [1.165, 1.54) is 0 Å². The van der Waals surface area contributed by atoms with Crippen LogP contribution in [-0.2, 0) is 31.7 Å². The summed E-state index contributed by atoms with van der Waals surface area (Å²) in [6.45, 7) is -0.0158. The Morgan fingerprint density at radius 2 is 1.32 bits per heavy atom. The first-order valence-electron chi connectivity index (χ1n) is 6.11. The molecule has 0 saturated carbocycles. The monoisotopic (exact) mass is 528 g/mol. The zero-order chi connectivity index (χ0) is 16.9. The predicted molar refractivity (Wildman–Crippen MR) is 94.0 cm³/mol. The maximum absolute atomic E-state index is 12.3. The first-order valence-corrected chi connectivity index (χ1v) is 12.6. The van der Waals surface area contributed by atoms with Gasteiger partial charge in [-0.05, 0) is 0 Å². The highest BCUT2D eigenvalue weighted by Gasteiger charge is 2.30. The van der Waals surface area contributed by atoms with Gasteiger partial charge in [-0.1, -0.05) is 31.9 Å². The average Bonchev–Trinajstić information content (AvgIpc) is 2.49. The number of phosphoric ester groups is 1. The summed E-state index contributed by atoms with van der Waals surface area (Å²) in [6, 6.07) is 0. The highest BCUT2D eigenvalue weighted by molar-refractivity contribution is 9.09. The lowest BCUT2D eigenvalue weighted by molar-refractivity contribution is 0.126. The van der Waals surface area contributed by atoms with Crippen LogP contribution in [0.4, 0.5) is 0 Å². The van der Waals surface area contributed by atoms with Crippen LogP contribution in [0.25, 0.3) is 0 Å². The molecule has 0 rings (SSSR count). The fourth-order valence-electron chi connectivity index (χ4n) is 1.08. The Labute approximate surface area is 157 Å². The quantitative estimate of drug-likeness (QED) is 0.226. The topological polar surface area (TPSA) is 80.3 Å². The molecule has 0 spiro atoms. The van der Waals surface area contributed by atoms with Gasteiger partial charge in [0.25, 0.3) is 0 Å². The van der Waals surface area contributed by atoms with Gasteiger partial charge in [-0.15, -0.1) is 23.2 Å². The molecule has 0 aliphatic rings. The number of alkyl halides is 4. The number of phosphoric acid groups is 1. The molecule has 0 aliphatic carbocycles. The van der Waals surface area contributed by atoms with E-state index in [0.717, 1.165) is 0 Å². The van der Waals surface area contributed by atoms with Gasteiger partial charge in [0.1, 0.15) is 5.52 Å². The molecule has 0 aromatic rings. The summed E-state index contributed by atoms with van der Waals surface area (Å²) >= 11 is 17.1. The van der Waals surface area contributed by atoms with Crippen LogP contribution in [0, 0.1) is 0 Å². The highest BCUT2D eigenvalue weighted by atomic mass is 79.9. The first-order chi connectivity index (χ1) is 10.4. The van der Waals surface area contributed by atoms with Gasteiger partial charge < -0.3 is 4.52 Å². The summed E-state index contributed by atoms with van der Waals surface area (Å²) in [5.74, 6) is 0.303. The smallest absolute Gasteiger partial charge is 0.307 e. The molecule has 0 aromatic heterocycles. The van der Waals surface area contributed by atoms with E-state index in [4.69, 9.17) is 45.8 Å². The van der Waals surface area contributed by atoms with Crippen molar-refractivity contribution in [3.63, 3.8) is 0 Å². The van der Waals surface area contributed by atoms with Crippen molar-refractivity contribution in [1.82, 2.24) is 0 Å². The lowest BCUT2D eigenvalue weighted by Gasteiger charge is -2.20. The van der Waals surface area contributed by atoms with Crippen molar-refractivity contribution in [2.75, 3.05) is 55.2 Å². The van der Waals surface area contributed by atoms with Crippen molar-refractivity contribution in [2.24, 2.45) is 0 Å². The fourth-order valence-corrected chi connectivity index (χ4v) is 5.28. The Kier molecular flexibility index (Phi) is 15.2. The molecule has 0 saturated heterocycles. The molecule has 22 heavy (non-hydrogen) atoms. The van der Waals surface area contributed by atoms with Crippen LogP contribution in [0.1, 0.15) is 0 Å². The molecule has 2 atom stereocenters. The highest BCUT2D eigenvalue weighted by Crippen LogP contribution is 2.52. The summed E-state index contributed by atoms with van der Waals surface area (Å²) in [4.78, 5) is 0. The van der Waals surface area contributed by atoms with Gasteiger partial charge in [0.15, 0.2) is 0 Å². The molecule has 0 amide bonds. The first kappa shape index (κ1) is 23.8. The fraction of sp³-hybridized carbons (Fsp3) is 1.00. The molecule has 134 valence electrons. The van der Waals surface area contributed by atoms with E-state index in [0.29, 0.717) is 5.33 Å². The summed E-state index contributed by atoms with van der Waals surface area (Å²) in [7, 11) is -7.17. The number of hydrogen-bond donors (Lipinski definition) is 0. The molecular formula is C9H18Br2Cl2O7P2. The second kappa shape index (κ2) is 14.0. The van der Waals surface area contributed by atoms with E-state index in [2.05, 4.69) is 31.9 Å². The van der Waals surface area contributed by atoms with E-state index in [9.17, 15) is 9.13 Å². The number of hydrogen-bond acceptors (Lipinski definition) is 7. The maximum atomic E-state index is 12.3. The Morgan fingerprint density at radius 1 is 0.773 bits per heavy atom. The maximum Gasteiger partial charge on any atom is 0.474 e. The van der Waals surface area contributed by atoms with E-state index in [-0.39, 0.29) is 49.9 Å². The molecule has 0 N–H and O–H groups in total. The van der Waals surface area contributed by atoms with Crippen molar-refractivity contribution in [3.05, 3.63) is 0 Å². The van der Waals surface area contributed by atoms with Crippen LogP contribution in [0.5, 0.6) is 0 Å². The third kappa shape index (κ3) is 11.4. The number of halogens is 4. The minimum Gasteiger partial charge on any atom is -0.307 e. The normalized spacial score (nSPS) is 17.1. The standard InChI is InChI=1S/C9H18Br2Cl2O7P2/c10-1-4-17-22(15,18-6-3-13)19-7-8-21(14,20-9-11)16-5-2-12/h1-9H2. The number of rotatable bonds is 15. The molecule has 0 radical (unpaired) electrons. The van der Waals surface area contributed by atoms with Crippen LogP contribution >= 0.6 is 70.5 Å². The van der Waals surface area contributed by atoms with E-state index < -0.39 is 15.4 Å². The molecule has 7 nitrogen and oxygen atoms in total. The third-order valence-electron chi connectivity index (χ3n) is 1.88. The van der Waals surface area contributed by atoms with Crippen LogP contribution < -0.4 is 0 Å². The lowest BCUT2D eigenvalue weighted by Crippen LogP contribution is -2.09. The van der Waals surface area contributed by atoms with Gasteiger partial charge in [0.05, 0.1) is 32.6 Å². The largest absolute Gasteiger partial charge is 0.474 e. The second-order valence-electron chi connectivity index (χ2n) is 3.42. The summed E-state index contributed by atoms with van der Waals surface area (Å²) in [6.07, 6.45) is -0.124. The minimum absolute atomic E-state index is 0.000568. The Balaban J connectivity index is 4.48. The van der Waals surface area contributed by atoms with Gasteiger partial charge in [-0.3, -0.25) is 22.7 Å². The van der Waals surface area contributed by atoms with Gasteiger partial charge in [0, 0.05) is 17.1 Å². The SMILES string of the molecule is O=P(CCOP(=O)(OCCCl)OCCBr)(OCBr)OCCCl. The molecule has 0 fully saturated rings. The Bertz CT molecular complexity index is 366. The van der Waals surface area contributed by atoms with E-state index >= 15 is 0 Å². The summed E-state index contributed by atoms with van der Waals surface area (Å²) in [5, 5.41) is 0.453. The van der Waals surface area contributed by atoms with Crippen LogP contribution in [0.15, 0.2) is 0 Å². The molecule has 2 unspecified atom stereocenters. The van der Waals surface area contributed by atoms with E-state index in [1.54, 1.807) is 0 Å². The van der Waals surface area contributed by atoms with Crippen molar-refractivity contribution in [1.29, 1.82) is 0 Å². The summed E-state index contributed by atoms with van der Waals surface area (Å²) < 4.78 is 49.8. The van der Waals surface area contributed by atoms with Crippen molar-refractivity contribution in [3.8, 4) is 0 Å². The van der Waals surface area contributed by atoms with Crippen molar-refractivity contribution < 1.29 is 31.7 Å². The molecule has 0 heterocycles. The molecular weight excluding hydrogens is 513 g/mol.